The molecule has 1 aromatic rings. The molecule has 1 fully saturated rings. The molecule has 0 bridgehead atoms. The predicted molar refractivity (Wildman–Crippen MR) is 78.4 cm³/mol. The van der Waals surface area contributed by atoms with Crippen LogP contribution in [0.5, 0.6) is 0 Å². The van der Waals surface area contributed by atoms with E-state index in [4.69, 9.17) is 0 Å². The SMILES string of the molecule is Cc1ccc(N2C(=O)CSC2=NC(C)C)c(C)c1. The summed E-state index contributed by atoms with van der Waals surface area (Å²) in [5.74, 6) is 0.602. The minimum atomic E-state index is 0.117. The van der Waals surface area contributed by atoms with Crippen molar-refractivity contribution in [3.8, 4) is 0 Å². The van der Waals surface area contributed by atoms with Crippen molar-refractivity contribution in [1.29, 1.82) is 0 Å². The first-order chi connectivity index (χ1) is 8.49. The Kier molecular flexibility index (Phi) is 3.76. The standard InChI is InChI=1S/C14H18N2OS/c1-9(2)15-14-16(13(17)8-18-14)12-6-5-10(3)7-11(12)4/h5-7,9H,8H2,1-4H3. The Bertz CT molecular complexity index is 509. The molecule has 18 heavy (non-hydrogen) atoms. The first-order valence-corrected chi connectivity index (χ1v) is 7.08. The Hall–Kier alpha value is -1.29. The summed E-state index contributed by atoms with van der Waals surface area (Å²) < 4.78 is 0. The first kappa shape index (κ1) is 13.1. The van der Waals surface area contributed by atoms with E-state index in [1.54, 1.807) is 4.90 Å². The maximum Gasteiger partial charge on any atom is 0.243 e. The highest BCUT2D eigenvalue weighted by atomic mass is 32.2. The molecular weight excluding hydrogens is 244 g/mol. The second kappa shape index (κ2) is 5.14. The van der Waals surface area contributed by atoms with Gasteiger partial charge in [0.05, 0.1) is 11.4 Å². The van der Waals surface area contributed by atoms with E-state index in [9.17, 15) is 4.79 Å². The molecule has 0 spiro atoms. The lowest BCUT2D eigenvalue weighted by molar-refractivity contribution is -0.115. The summed E-state index contributed by atoms with van der Waals surface area (Å²) in [5.41, 5.74) is 3.27. The Morgan fingerprint density at radius 2 is 2.06 bits per heavy atom. The van der Waals surface area contributed by atoms with Crippen molar-refractivity contribution in [2.24, 2.45) is 4.99 Å². The van der Waals surface area contributed by atoms with Crippen LogP contribution in [0, 0.1) is 13.8 Å². The zero-order valence-electron chi connectivity index (χ0n) is 11.2. The molecule has 0 unspecified atom stereocenters. The highest BCUT2D eigenvalue weighted by Gasteiger charge is 2.30. The van der Waals surface area contributed by atoms with E-state index in [1.165, 1.54) is 17.3 Å². The summed E-state index contributed by atoms with van der Waals surface area (Å²) in [6.07, 6.45) is 0. The number of rotatable bonds is 2. The van der Waals surface area contributed by atoms with E-state index >= 15 is 0 Å². The molecule has 0 aromatic heterocycles. The highest BCUT2D eigenvalue weighted by molar-refractivity contribution is 8.15. The smallest absolute Gasteiger partial charge is 0.243 e. The van der Waals surface area contributed by atoms with E-state index in [2.05, 4.69) is 18.0 Å². The number of benzene rings is 1. The van der Waals surface area contributed by atoms with E-state index in [0.717, 1.165) is 16.4 Å². The number of carbonyl (C=O) groups excluding carboxylic acids is 1. The van der Waals surface area contributed by atoms with Gasteiger partial charge in [0.25, 0.3) is 0 Å². The van der Waals surface area contributed by atoms with E-state index in [0.29, 0.717) is 5.75 Å². The van der Waals surface area contributed by atoms with Crippen molar-refractivity contribution in [3.05, 3.63) is 29.3 Å². The number of hydrogen-bond donors (Lipinski definition) is 0. The van der Waals surface area contributed by atoms with Gasteiger partial charge in [-0.05, 0) is 39.3 Å². The van der Waals surface area contributed by atoms with Gasteiger partial charge in [0.2, 0.25) is 5.91 Å². The van der Waals surface area contributed by atoms with Crippen LogP contribution in [0.3, 0.4) is 0 Å². The molecule has 1 saturated heterocycles. The molecule has 1 heterocycles. The fourth-order valence-corrected chi connectivity index (χ4v) is 2.97. The molecule has 1 aliphatic heterocycles. The average Bonchev–Trinajstić information content (AvgIpc) is 2.60. The highest BCUT2D eigenvalue weighted by Crippen LogP contribution is 2.30. The van der Waals surface area contributed by atoms with Gasteiger partial charge in [0.15, 0.2) is 5.17 Å². The molecular formula is C14H18N2OS. The van der Waals surface area contributed by atoms with Gasteiger partial charge in [0, 0.05) is 6.04 Å². The third kappa shape index (κ3) is 2.58. The van der Waals surface area contributed by atoms with Crippen molar-refractivity contribution in [3.63, 3.8) is 0 Å². The van der Waals surface area contributed by atoms with Crippen LogP contribution in [0.2, 0.25) is 0 Å². The molecule has 4 heteroatoms. The molecule has 0 saturated carbocycles. The quantitative estimate of drug-likeness (QED) is 0.820. The monoisotopic (exact) mass is 262 g/mol. The molecule has 0 radical (unpaired) electrons. The number of amides is 1. The van der Waals surface area contributed by atoms with Gasteiger partial charge in [-0.25, -0.2) is 0 Å². The van der Waals surface area contributed by atoms with E-state index in [1.807, 2.05) is 32.9 Å². The van der Waals surface area contributed by atoms with Gasteiger partial charge < -0.3 is 0 Å². The van der Waals surface area contributed by atoms with Crippen LogP contribution in [-0.4, -0.2) is 22.9 Å². The lowest BCUT2D eigenvalue weighted by Crippen LogP contribution is -2.30. The summed E-state index contributed by atoms with van der Waals surface area (Å²) in [7, 11) is 0. The van der Waals surface area contributed by atoms with Crippen molar-refractivity contribution in [2.45, 2.75) is 33.7 Å². The maximum absolute atomic E-state index is 12.0. The van der Waals surface area contributed by atoms with Crippen molar-refractivity contribution < 1.29 is 4.79 Å². The van der Waals surface area contributed by atoms with Gasteiger partial charge >= 0.3 is 0 Å². The zero-order valence-corrected chi connectivity index (χ0v) is 12.0. The molecule has 1 amide bonds. The summed E-state index contributed by atoms with van der Waals surface area (Å²) in [5, 5.41) is 0.821. The van der Waals surface area contributed by atoms with Crippen molar-refractivity contribution in [2.75, 3.05) is 10.7 Å². The van der Waals surface area contributed by atoms with Crippen LogP contribution in [0.1, 0.15) is 25.0 Å². The van der Waals surface area contributed by atoms with Gasteiger partial charge in [0.1, 0.15) is 0 Å². The maximum atomic E-state index is 12.0. The number of anilines is 1. The second-order valence-corrected chi connectivity index (χ2v) is 5.76. The number of aliphatic imine (C=N–C) groups is 1. The van der Waals surface area contributed by atoms with Crippen molar-refractivity contribution >= 4 is 28.5 Å². The summed E-state index contributed by atoms with van der Waals surface area (Å²) in [4.78, 5) is 18.3. The summed E-state index contributed by atoms with van der Waals surface area (Å²) in [6, 6.07) is 6.33. The fraction of sp³-hybridized carbons (Fsp3) is 0.429. The van der Waals surface area contributed by atoms with Gasteiger partial charge in [-0.3, -0.25) is 14.7 Å². The summed E-state index contributed by atoms with van der Waals surface area (Å²) in [6.45, 7) is 8.14. The van der Waals surface area contributed by atoms with E-state index < -0.39 is 0 Å². The van der Waals surface area contributed by atoms with Gasteiger partial charge in [-0.2, -0.15) is 0 Å². The van der Waals surface area contributed by atoms with Crippen LogP contribution >= 0.6 is 11.8 Å². The number of hydrogen-bond acceptors (Lipinski definition) is 3. The topological polar surface area (TPSA) is 32.7 Å². The van der Waals surface area contributed by atoms with Crippen LogP contribution in [0.4, 0.5) is 5.69 Å². The Labute approximate surface area is 112 Å². The van der Waals surface area contributed by atoms with E-state index in [-0.39, 0.29) is 11.9 Å². The number of aryl methyl sites for hydroxylation is 2. The second-order valence-electron chi connectivity index (χ2n) is 4.81. The minimum Gasteiger partial charge on any atom is -0.273 e. The van der Waals surface area contributed by atoms with Gasteiger partial charge in [-0.15, -0.1) is 0 Å². The normalized spacial score (nSPS) is 18.2. The molecule has 2 rings (SSSR count). The third-order valence-corrected chi connectivity index (χ3v) is 3.66. The van der Waals surface area contributed by atoms with Crippen LogP contribution in [-0.2, 0) is 4.79 Å². The zero-order chi connectivity index (χ0) is 13.3. The Morgan fingerprint density at radius 1 is 1.33 bits per heavy atom. The van der Waals surface area contributed by atoms with Crippen LogP contribution in [0.25, 0.3) is 0 Å². The fourth-order valence-electron chi connectivity index (χ4n) is 1.97. The number of thioether (sulfide) groups is 1. The number of carbonyl (C=O) groups is 1. The third-order valence-electron chi connectivity index (χ3n) is 2.73. The van der Waals surface area contributed by atoms with Gasteiger partial charge in [-0.1, -0.05) is 29.5 Å². The number of amidine groups is 1. The average molecular weight is 262 g/mol. The van der Waals surface area contributed by atoms with Crippen LogP contribution < -0.4 is 4.90 Å². The predicted octanol–water partition coefficient (Wildman–Crippen LogP) is 3.15. The number of nitrogens with zero attached hydrogens (tertiary/aromatic N) is 2. The minimum absolute atomic E-state index is 0.117. The Balaban J connectivity index is 2.43. The lowest BCUT2D eigenvalue weighted by Gasteiger charge is -2.19. The largest absolute Gasteiger partial charge is 0.273 e. The first-order valence-electron chi connectivity index (χ1n) is 6.10. The molecule has 0 aliphatic carbocycles. The molecule has 0 atom stereocenters. The Morgan fingerprint density at radius 3 is 2.67 bits per heavy atom. The molecule has 1 aromatic carbocycles. The molecule has 0 N–H and O–H groups in total. The molecule has 1 aliphatic rings. The molecule has 3 nitrogen and oxygen atoms in total. The summed E-state index contributed by atoms with van der Waals surface area (Å²) >= 11 is 1.52. The lowest BCUT2D eigenvalue weighted by atomic mass is 10.1. The molecule has 96 valence electrons. The van der Waals surface area contributed by atoms with Crippen LogP contribution in [0.15, 0.2) is 23.2 Å². The van der Waals surface area contributed by atoms with Crippen molar-refractivity contribution in [1.82, 2.24) is 0 Å².